The fourth-order valence-electron chi connectivity index (χ4n) is 4.40. The van der Waals surface area contributed by atoms with Gasteiger partial charge in [0.1, 0.15) is 5.82 Å². The smallest absolute Gasteiger partial charge is 0.315 e. The third kappa shape index (κ3) is 4.19. The molecule has 0 aliphatic heterocycles. The minimum atomic E-state index is -0.453. The predicted octanol–water partition coefficient (Wildman–Crippen LogP) is 5.93. The predicted molar refractivity (Wildman–Crippen MR) is 138 cm³/mol. The molecule has 0 bridgehead atoms. The molecular formula is C28H30N4O2. The van der Waals surface area contributed by atoms with Crippen LogP contribution in [0, 0.1) is 20.8 Å². The highest BCUT2D eigenvalue weighted by atomic mass is 16.2. The van der Waals surface area contributed by atoms with E-state index in [1.54, 1.807) is 15.5 Å². The number of hydrogen-bond donors (Lipinski definition) is 1. The molecule has 0 spiro atoms. The molecule has 174 valence electrons. The number of fused-ring (bicyclic) bond motifs is 1. The lowest BCUT2D eigenvalue weighted by atomic mass is 10.1. The van der Waals surface area contributed by atoms with Crippen molar-refractivity contribution in [1.82, 2.24) is 14.5 Å². The Labute approximate surface area is 199 Å². The minimum Gasteiger partial charge on any atom is -0.315 e. The van der Waals surface area contributed by atoms with Crippen LogP contribution in [0.2, 0.25) is 0 Å². The number of benzene rings is 3. The van der Waals surface area contributed by atoms with Crippen LogP contribution in [0.5, 0.6) is 0 Å². The van der Waals surface area contributed by atoms with E-state index < -0.39 is 6.04 Å². The summed E-state index contributed by atoms with van der Waals surface area (Å²) in [4.78, 5) is 33.7. The van der Waals surface area contributed by atoms with Crippen molar-refractivity contribution in [2.75, 3.05) is 11.9 Å². The second-order valence-electron chi connectivity index (χ2n) is 8.57. The maximum Gasteiger partial charge on any atom is 0.322 e. The van der Waals surface area contributed by atoms with Gasteiger partial charge in [0.25, 0.3) is 5.56 Å². The number of aromatic nitrogens is 2. The van der Waals surface area contributed by atoms with Crippen molar-refractivity contribution in [2.24, 2.45) is 0 Å². The van der Waals surface area contributed by atoms with Crippen LogP contribution in [0.1, 0.15) is 42.4 Å². The Kier molecular flexibility index (Phi) is 6.50. The standard InChI is InChI=1S/C28H30N4O2/c1-6-31(28(34)30-25-19(3)13-11-14-20(25)4)21(5)26-29-23-16-9-8-15-22(23)27(33)32(26)24-17-10-7-12-18(24)2/h7-17,21H,6H2,1-5H3,(H,30,34). The molecule has 6 heteroatoms. The Morgan fingerprint density at radius 2 is 1.56 bits per heavy atom. The van der Waals surface area contributed by atoms with Crippen LogP contribution in [0.15, 0.2) is 71.5 Å². The quantitative estimate of drug-likeness (QED) is 0.407. The molecule has 1 heterocycles. The van der Waals surface area contributed by atoms with Crippen molar-refractivity contribution in [2.45, 2.75) is 40.7 Å². The van der Waals surface area contributed by atoms with E-state index in [0.717, 1.165) is 28.1 Å². The van der Waals surface area contributed by atoms with Crippen LogP contribution in [0.3, 0.4) is 0 Å². The van der Waals surface area contributed by atoms with Gasteiger partial charge < -0.3 is 10.2 Å². The fraction of sp³-hybridized carbons (Fsp3) is 0.250. The van der Waals surface area contributed by atoms with Crippen molar-refractivity contribution < 1.29 is 4.79 Å². The maximum atomic E-state index is 13.7. The summed E-state index contributed by atoms with van der Waals surface area (Å²) in [6.45, 7) is 10.2. The number of nitrogens with one attached hydrogen (secondary N) is 1. The summed E-state index contributed by atoms with van der Waals surface area (Å²) in [5.74, 6) is 0.525. The zero-order valence-corrected chi connectivity index (χ0v) is 20.3. The lowest BCUT2D eigenvalue weighted by molar-refractivity contribution is 0.193. The normalized spacial score (nSPS) is 11.9. The van der Waals surface area contributed by atoms with Gasteiger partial charge >= 0.3 is 6.03 Å². The topological polar surface area (TPSA) is 67.2 Å². The summed E-state index contributed by atoms with van der Waals surface area (Å²) in [7, 11) is 0. The lowest BCUT2D eigenvalue weighted by Crippen LogP contribution is -2.40. The van der Waals surface area contributed by atoms with Crippen molar-refractivity contribution in [1.29, 1.82) is 0 Å². The number of aryl methyl sites for hydroxylation is 3. The molecule has 1 unspecified atom stereocenters. The van der Waals surface area contributed by atoms with Gasteiger partial charge in [0.05, 0.1) is 22.6 Å². The van der Waals surface area contributed by atoms with Gasteiger partial charge in [-0.15, -0.1) is 0 Å². The van der Waals surface area contributed by atoms with Crippen molar-refractivity contribution in [3.8, 4) is 5.69 Å². The molecule has 6 nitrogen and oxygen atoms in total. The minimum absolute atomic E-state index is 0.145. The van der Waals surface area contributed by atoms with Crippen LogP contribution < -0.4 is 10.9 Å². The maximum absolute atomic E-state index is 13.7. The van der Waals surface area contributed by atoms with Gasteiger partial charge in [-0.25, -0.2) is 9.78 Å². The summed E-state index contributed by atoms with van der Waals surface area (Å²) in [6, 6.07) is 20.3. The third-order valence-corrected chi connectivity index (χ3v) is 6.31. The molecule has 1 N–H and O–H groups in total. The van der Waals surface area contributed by atoms with E-state index in [0.29, 0.717) is 23.3 Å². The number of carbonyl (C=O) groups is 1. The van der Waals surface area contributed by atoms with Gasteiger partial charge in [-0.1, -0.05) is 48.5 Å². The SMILES string of the molecule is CCN(C(=O)Nc1c(C)cccc1C)C(C)c1nc2ccccc2c(=O)n1-c1ccccc1C. The van der Waals surface area contributed by atoms with E-state index in [2.05, 4.69) is 5.32 Å². The van der Waals surface area contributed by atoms with Crippen LogP contribution in [-0.2, 0) is 0 Å². The average molecular weight is 455 g/mol. The van der Waals surface area contributed by atoms with Crippen LogP contribution in [0.4, 0.5) is 10.5 Å². The second kappa shape index (κ2) is 9.51. The highest BCUT2D eigenvalue weighted by Gasteiger charge is 2.26. The molecule has 3 aromatic carbocycles. The number of carbonyl (C=O) groups excluding carboxylic acids is 1. The van der Waals surface area contributed by atoms with Gasteiger partial charge in [-0.3, -0.25) is 9.36 Å². The molecule has 0 aliphatic rings. The summed E-state index contributed by atoms with van der Waals surface area (Å²) >= 11 is 0. The molecular weight excluding hydrogens is 424 g/mol. The third-order valence-electron chi connectivity index (χ3n) is 6.31. The zero-order valence-electron chi connectivity index (χ0n) is 20.3. The monoisotopic (exact) mass is 454 g/mol. The molecule has 0 aliphatic carbocycles. The number of nitrogens with zero attached hydrogens (tertiary/aromatic N) is 3. The highest BCUT2D eigenvalue weighted by molar-refractivity contribution is 5.91. The van der Waals surface area contributed by atoms with E-state index in [1.165, 1.54) is 0 Å². The van der Waals surface area contributed by atoms with Crippen molar-refractivity contribution >= 4 is 22.6 Å². The molecule has 0 saturated carbocycles. The Hall–Kier alpha value is -3.93. The summed E-state index contributed by atoms with van der Waals surface area (Å²) in [5.41, 5.74) is 4.99. The molecule has 2 amide bonds. The van der Waals surface area contributed by atoms with E-state index >= 15 is 0 Å². The van der Waals surface area contributed by atoms with Gasteiger partial charge in [0.2, 0.25) is 0 Å². The average Bonchev–Trinajstić information content (AvgIpc) is 2.82. The number of urea groups is 1. The van der Waals surface area contributed by atoms with Crippen LogP contribution in [-0.4, -0.2) is 27.0 Å². The summed E-state index contributed by atoms with van der Waals surface area (Å²) in [6.07, 6.45) is 0. The molecule has 34 heavy (non-hydrogen) atoms. The molecule has 4 rings (SSSR count). The molecule has 4 aromatic rings. The Balaban J connectivity index is 1.84. The van der Waals surface area contributed by atoms with E-state index in [-0.39, 0.29) is 11.6 Å². The van der Waals surface area contributed by atoms with Crippen molar-refractivity contribution in [3.05, 3.63) is 99.6 Å². The molecule has 0 radical (unpaired) electrons. The lowest BCUT2D eigenvalue weighted by Gasteiger charge is -2.30. The molecule has 1 atom stereocenters. The van der Waals surface area contributed by atoms with Gasteiger partial charge in [-0.05, 0) is 69.5 Å². The van der Waals surface area contributed by atoms with Crippen LogP contribution in [0.25, 0.3) is 16.6 Å². The molecule has 0 fully saturated rings. The Morgan fingerprint density at radius 1 is 0.941 bits per heavy atom. The fourth-order valence-corrected chi connectivity index (χ4v) is 4.40. The zero-order chi connectivity index (χ0) is 24.4. The number of hydrogen-bond acceptors (Lipinski definition) is 3. The first kappa shape index (κ1) is 23.2. The van der Waals surface area contributed by atoms with E-state index in [4.69, 9.17) is 4.98 Å². The first-order valence-electron chi connectivity index (χ1n) is 11.5. The first-order chi connectivity index (χ1) is 16.3. The van der Waals surface area contributed by atoms with E-state index in [9.17, 15) is 9.59 Å². The highest BCUT2D eigenvalue weighted by Crippen LogP contribution is 2.26. The number of amides is 2. The Bertz CT molecular complexity index is 1400. The largest absolute Gasteiger partial charge is 0.322 e. The number of rotatable bonds is 5. The van der Waals surface area contributed by atoms with Gasteiger partial charge in [0, 0.05) is 12.2 Å². The summed E-state index contributed by atoms with van der Waals surface area (Å²) in [5, 5.41) is 3.62. The molecule has 0 saturated heterocycles. The first-order valence-corrected chi connectivity index (χ1v) is 11.5. The van der Waals surface area contributed by atoms with Crippen molar-refractivity contribution in [3.63, 3.8) is 0 Å². The van der Waals surface area contributed by atoms with E-state index in [1.807, 2.05) is 95.3 Å². The van der Waals surface area contributed by atoms with Gasteiger partial charge in [0.15, 0.2) is 0 Å². The number of anilines is 1. The molecule has 1 aromatic heterocycles. The summed E-state index contributed by atoms with van der Waals surface area (Å²) < 4.78 is 1.65. The van der Waals surface area contributed by atoms with Gasteiger partial charge in [-0.2, -0.15) is 0 Å². The second-order valence-corrected chi connectivity index (χ2v) is 8.57. The Morgan fingerprint density at radius 3 is 2.24 bits per heavy atom. The van der Waals surface area contributed by atoms with Crippen LogP contribution >= 0.6 is 0 Å². The number of para-hydroxylation sites is 3.